The largest absolute Gasteiger partial charge is 0.497 e. The number of fused-ring (bicyclic) bond motifs is 1. The van der Waals surface area contributed by atoms with Crippen molar-refractivity contribution in [3.63, 3.8) is 0 Å². The van der Waals surface area contributed by atoms with Crippen LogP contribution in [0.15, 0.2) is 18.2 Å². The van der Waals surface area contributed by atoms with E-state index in [2.05, 4.69) is 36.4 Å². The molecule has 2 rings (SSSR count). The summed E-state index contributed by atoms with van der Waals surface area (Å²) in [7, 11) is 5.91. The zero-order valence-electron chi connectivity index (χ0n) is 12.9. The molecular formula is C16H27N3O. The Balaban J connectivity index is 2.09. The van der Waals surface area contributed by atoms with Crippen LogP contribution in [0, 0.1) is 0 Å². The van der Waals surface area contributed by atoms with Gasteiger partial charge in [0.25, 0.3) is 0 Å². The summed E-state index contributed by atoms with van der Waals surface area (Å²) < 4.78 is 5.34. The summed E-state index contributed by atoms with van der Waals surface area (Å²) in [6.07, 6.45) is 3.19. The molecule has 1 aromatic carbocycles. The van der Waals surface area contributed by atoms with Gasteiger partial charge in [0.15, 0.2) is 0 Å². The minimum Gasteiger partial charge on any atom is -0.497 e. The van der Waals surface area contributed by atoms with E-state index in [4.69, 9.17) is 10.5 Å². The molecule has 1 unspecified atom stereocenters. The van der Waals surface area contributed by atoms with Gasteiger partial charge in [-0.1, -0.05) is 6.07 Å². The highest BCUT2D eigenvalue weighted by Gasteiger charge is 2.32. The second-order valence-electron chi connectivity index (χ2n) is 6.03. The highest BCUT2D eigenvalue weighted by Crippen LogP contribution is 2.30. The van der Waals surface area contributed by atoms with Gasteiger partial charge in [0, 0.05) is 25.2 Å². The van der Waals surface area contributed by atoms with Crippen molar-refractivity contribution < 1.29 is 4.74 Å². The molecule has 0 saturated heterocycles. The van der Waals surface area contributed by atoms with Crippen LogP contribution in [-0.2, 0) is 12.8 Å². The Kier molecular flexibility index (Phi) is 5.02. The Morgan fingerprint density at radius 1 is 1.35 bits per heavy atom. The lowest BCUT2D eigenvalue weighted by molar-refractivity contribution is 0.275. The first kappa shape index (κ1) is 15.3. The number of hydrogen-bond acceptors (Lipinski definition) is 4. The Hall–Kier alpha value is -1.10. The van der Waals surface area contributed by atoms with Gasteiger partial charge in [-0.15, -0.1) is 0 Å². The predicted octanol–water partition coefficient (Wildman–Crippen LogP) is 1.03. The topological polar surface area (TPSA) is 50.5 Å². The monoisotopic (exact) mass is 277 g/mol. The van der Waals surface area contributed by atoms with E-state index < -0.39 is 0 Å². The molecule has 20 heavy (non-hydrogen) atoms. The molecule has 0 aliphatic heterocycles. The molecule has 1 atom stereocenters. The van der Waals surface area contributed by atoms with Crippen molar-refractivity contribution in [2.75, 3.05) is 40.8 Å². The summed E-state index contributed by atoms with van der Waals surface area (Å²) in [6.45, 7) is 2.69. The van der Waals surface area contributed by atoms with E-state index >= 15 is 0 Å². The van der Waals surface area contributed by atoms with Gasteiger partial charge in [0.2, 0.25) is 0 Å². The van der Waals surface area contributed by atoms with Crippen LogP contribution >= 0.6 is 0 Å². The molecule has 4 nitrogen and oxygen atoms in total. The van der Waals surface area contributed by atoms with Crippen LogP contribution in [0.3, 0.4) is 0 Å². The van der Waals surface area contributed by atoms with Crippen molar-refractivity contribution in [2.45, 2.75) is 24.8 Å². The second-order valence-corrected chi connectivity index (χ2v) is 6.03. The minimum atomic E-state index is 0.0371. The fourth-order valence-electron chi connectivity index (χ4n) is 2.91. The van der Waals surface area contributed by atoms with Crippen LogP contribution in [0.4, 0.5) is 0 Å². The maximum absolute atomic E-state index is 6.08. The number of aryl methyl sites for hydroxylation is 1. The number of nitrogens with zero attached hydrogens (tertiary/aromatic N) is 1. The zero-order valence-corrected chi connectivity index (χ0v) is 12.9. The van der Waals surface area contributed by atoms with Crippen molar-refractivity contribution >= 4 is 0 Å². The van der Waals surface area contributed by atoms with E-state index in [0.29, 0.717) is 6.54 Å². The van der Waals surface area contributed by atoms with Crippen LogP contribution in [0.5, 0.6) is 5.75 Å². The molecule has 0 heterocycles. The molecule has 1 aromatic rings. The first-order valence-electron chi connectivity index (χ1n) is 7.34. The average Bonchev–Trinajstić information content (AvgIpc) is 2.46. The average molecular weight is 277 g/mol. The Bertz CT molecular complexity index is 447. The van der Waals surface area contributed by atoms with Gasteiger partial charge in [0.05, 0.1) is 7.11 Å². The van der Waals surface area contributed by atoms with Crippen LogP contribution in [0.1, 0.15) is 17.5 Å². The highest BCUT2D eigenvalue weighted by atomic mass is 16.5. The van der Waals surface area contributed by atoms with Crippen LogP contribution < -0.4 is 15.8 Å². The molecular weight excluding hydrogens is 250 g/mol. The number of ether oxygens (including phenoxy) is 1. The number of benzene rings is 1. The van der Waals surface area contributed by atoms with E-state index in [-0.39, 0.29) is 5.54 Å². The lowest BCUT2D eigenvalue weighted by atomic mass is 9.78. The van der Waals surface area contributed by atoms with E-state index in [9.17, 15) is 0 Å². The van der Waals surface area contributed by atoms with Crippen molar-refractivity contribution in [1.29, 1.82) is 0 Å². The lowest BCUT2D eigenvalue weighted by Gasteiger charge is -2.39. The summed E-state index contributed by atoms with van der Waals surface area (Å²) in [6, 6.07) is 6.40. The Morgan fingerprint density at radius 2 is 2.15 bits per heavy atom. The maximum atomic E-state index is 6.08. The summed E-state index contributed by atoms with van der Waals surface area (Å²) >= 11 is 0. The Morgan fingerprint density at radius 3 is 2.80 bits per heavy atom. The molecule has 0 fully saturated rings. The molecule has 4 heteroatoms. The minimum absolute atomic E-state index is 0.0371. The maximum Gasteiger partial charge on any atom is 0.119 e. The first-order chi connectivity index (χ1) is 9.58. The van der Waals surface area contributed by atoms with Gasteiger partial charge < -0.3 is 20.7 Å². The fourth-order valence-corrected chi connectivity index (χ4v) is 2.91. The predicted molar refractivity (Wildman–Crippen MR) is 83.4 cm³/mol. The molecule has 1 aliphatic carbocycles. The van der Waals surface area contributed by atoms with Crippen molar-refractivity contribution in [2.24, 2.45) is 5.73 Å². The molecule has 0 amide bonds. The summed E-state index contributed by atoms with van der Waals surface area (Å²) in [4.78, 5) is 2.19. The molecule has 112 valence electrons. The van der Waals surface area contributed by atoms with Crippen molar-refractivity contribution in [3.05, 3.63) is 29.3 Å². The summed E-state index contributed by atoms with van der Waals surface area (Å²) in [5.41, 5.74) is 8.92. The highest BCUT2D eigenvalue weighted by molar-refractivity contribution is 5.39. The van der Waals surface area contributed by atoms with Crippen molar-refractivity contribution in [1.82, 2.24) is 10.2 Å². The van der Waals surface area contributed by atoms with Gasteiger partial charge in [-0.25, -0.2) is 0 Å². The molecule has 0 aromatic heterocycles. The van der Waals surface area contributed by atoms with Crippen molar-refractivity contribution in [3.8, 4) is 5.75 Å². The first-order valence-corrected chi connectivity index (χ1v) is 7.34. The van der Waals surface area contributed by atoms with Gasteiger partial charge in [-0.3, -0.25) is 0 Å². The lowest BCUT2D eigenvalue weighted by Crippen LogP contribution is -2.56. The van der Waals surface area contributed by atoms with E-state index in [1.807, 2.05) is 6.07 Å². The summed E-state index contributed by atoms with van der Waals surface area (Å²) in [5, 5.41) is 3.69. The molecule has 0 spiro atoms. The van der Waals surface area contributed by atoms with Crippen LogP contribution in [0.25, 0.3) is 0 Å². The number of rotatable bonds is 6. The normalized spacial score (nSPS) is 21.9. The number of likely N-dealkylation sites (N-methyl/N-ethyl adjacent to an activating group) is 1. The number of nitrogens with one attached hydrogen (secondary N) is 1. The second kappa shape index (κ2) is 6.57. The zero-order chi connectivity index (χ0) is 14.6. The van der Waals surface area contributed by atoms with E-state index in [1.165, 1.54) is 11.1 Å². The summed E-state index contributed by atoms with van der Waals surface area (Å²) in [5.74, 6) is 0.935. The smallest absolute Gasteiger partial charge is 0.119 e. The number of hydrogen-bond donors (Lipinski definition) is 2. The molecule has 1 aliphatic rings. The molecule has 0 bridgehead atoms. The SMILES string of the molecule is COc1ccc2c(c1)CC(CN)(NCCN(C)C)CC2. The fraction of sp³-hybridized carbons (Fsp3) is 0.625. The molecule has 0 radical (unpaired) electrons. The van der Waals surface area contributed by atoms with E-state index in [1.54, 1.807) is 7.11 Å². The molecule has 0 saturated carbocycles. The Labute approximate surface area is 122 Å². The third kappa shape index (κ3) is 3.51. The third-order valence-corrected chi connectivity index (χ3v) is 4.26. The van der Waals surface area contributed by atoms with Gasteiger partial charge in [-0.2, -0.15) is 0 Å². The quantitative estimate of drug-likeness (QED) is 0.815. The molecule has 3 N–H and O–H groups in total. The third-order valence-electron chi connectivity index (χ3n) is 4.26. The van der Waals surface area contributed by atoms with Gasteiger partial charge in [-0.05, 0) is 56.6 Å². The van der Waals surface area contributed by atoms with Crippen LogP contribution in [-0.4, -0.2) is 51.3 Å². The standard InChI is InChI=1S/C16H27N3O/c1-19(2)9-8-18-16(12-17)7-6-13-4-5-15(20-3)10-14(13)11-16/h4-5,10,18H,6-9,11-12,17H2,1-3H3. The van der Waals surface area contributed by atoms with Gasteiger partial charge >= 0.3 is 0 Å². The van der Waals surface area contributed by atoms with Gasteiger partial charge in [0.1, 0.15) is 5.75 Å². The number of methoxy groups -OCH3 is 1. The van der Waals surface area contributed by atoms with Crippen LogP contribution in [0.2, 0.25) is 0 Å². The number of nitrogens with two attached hydrogens (primary N) is 1. The van der Waals surface area contributed by atoms with E-state index in [0.717, 1.165) is 38.1 Å².